The molecule has 1 unspecified atom stereocenters. The van der Waals surface area contributed by atoms with Crippen molar-refractivity contribution in [1.82, 2.24) is 5.32 Å². The van der Waals surface area contributed by atoms with Crippen molar-refractivity contribution in [2.45, 2.75) is 25.3 Å². The Labute approximate surface area is 127 Å². The number of hydrogen-bond acceptors (Lipinski definition) is 4. The molecule has 0 aliphatic carbocycles. The Bertz CT molecular complexity index is 727. The Kier molecular flexibility index (Phi) is 3.62. The maximum Gasteiger partial charge on any atom is 0.305 e. The van der Waals surface area contributed by atoms with Crippen LogP contribution in [0.25, 0.3) is 11.0 Å². The minimum atomic E-state index is -0.966. The van der Waals surface area contributed by atoms with Crippen LogP contribution in [0.4, 0.5) is 0 Å². The van der Waals surface area contributed by atoms with Gasteiger partial charge in [-0.05, 0) is 25.0 Å². The molecule has 0 saturated carbocycles. The number of carbonyl (C=O) groups is 2. The molecule has 6 heteroatoms. The second-order valence-corrected chi connectivity index (χ2v) is 5.71. The zero-order valence-electron chi connectivity index (χ0n) is 12.2. The molecule has 2 N–H and O–H groups in total. The van der Waals surface area contributed by atoms with Gasteiger partial charge in [-0.15, -0.1) is 0 Å². The van der Waals surface area contributed by atoms with Gasteiger partial charge in [-0.1, -0.05) is 18.2 Å². The van der Waals surface area contributed by atoms with Crippen LogP contribution in [0.3, 0.4) is 0 Å². The maximum atomic E-state index is 12.4. The van der Waals surface area contributed by atoms with Gasteiger partial charge in [0.2, 0.25) is 0 Å². The van der Waals surface area contributed by atoms with E-state index in [4.69, 9.17) is 14.3 Å². The monoisotopic (exact) mass is 303 g/mol. The molecule has 1 aliphatic rings. The summed E-state index contributed by atoms with van der Waals surface area (Å²) in [4.78, 5) is 23.4. The highest BCUT2D eigenvalue weighted by Gasteiger charge is 2.39. The molecule has 2 aromatic rings. The lowest BCUT2D eigenvalue weighted by atomic mass is 9.94. The summed E-state index contributed by atoms with van der Waals surface area (Å²) in [6, 6.07) is 7.34. The highest BCUT2D eigenvalue weighted by atomic mass is 16.5. The Morgan fingerprint density at radius 1 is 1.41 bits per heavy atom. The fourth-order valence-electron chi connectivity index (χ4n) is 2.80. The number of carbonyl (C=O) groups excluding carboxylic acids is 1. The molecular formula is C16H17NO5. The Hall–Kier alpha value is -2.34. The number of benzene rings is 1. The van der Waals surface area contributed by atoms with Crippen molar-refractivity contribution in [2.24, 2.45) is 0 Å². The summed E-state index contributed by atoms with van der Waals surface area (Å²) in [7, 11) is 0. The molecule has 116 valence electrons. The van der Waals surface area contributed by atoms with E-state index in [1.165, 1.54) is 0 Å². The molecule has 2 heterocycles. The number of fused-ring (bicyclic) bond motifs is 1. The highest BCUT2D eigenvalue weighted by molar-refractivity contribution is 5.97. The summed E-state index contributed by atoms with van der Waals surface area (Å²) in [6.45, 7) is 2.54. The second-order valence-electron chi connectivity index (χ2n) is 5.71. The Morgan fingerprint density at radius 2 is 2.23 bits per heavy atom. The molecule has 1 amide bonds. The third-order valence-corrected chi connectivity index (χ3v) is 3.94. The first-order chi connectivity index (χ1) is 10.5. The lowest BCUT2D eigenvalue weighted by molar-refractivity contribution is -0.138. The van der Waals surface area contributed by atoms with E-state index in [9.17, 15) is 9.59 Å². The third-order valence-electron chi connectivity index (χ3n) is 3.94. The van der Waals surface area contributed by atoms with Crippen LogP contribution in [0.15, 0.2) is 28.7 Å². The third kappa shape index (κ3) is 2.69. The SMILES string of the molecule is Cc1cccc2cc(C(=O)NC3(CC(=O)O)CCOC3)oc12. The quantitative estimate of drug-likeness (QED) is 0.903. The second kappa shape index (κ2) is 5.46. The van der Waals surface area contributed by atoms with Crippen molar-refractivity contribution in [3.8, 4) is 0 Å². The summed E-state index contributed by atoms with van der Waals surface area (Å²) in [5.41, 5.74) is 0.750. The maximum absolute atomic E-state index is 12.4. The zero-order valence-corrected chi connectivity index (χ0v) is 12.2. The van der Waals surface area contributed by atoms with Crippen molar-refractivity contribution in [3.63, 3.8) is 0 Å². The molecule has 1 aliphatic heterocycles. The standard InChI is InChI=1S/C16H17NO5/c1-10-3-2-4-11-7-12(22-14(10)11)15(20)17-16(8-13(18)19)5-6-21-9-16/h2-4,7H,5-6,8-9H2,1H3,(H,17,20)(H,18,19). The molecule has 0 spiro atoms. The van der Waals surface area contributed by atoms with Gasteiger partial charge in [0.15, 0.2) is 5.76 Å². The van der Waals surface area contributed by atoms with Crippen molar-refractivity contribution < 1.29 is 23.8 Å². The van der Waals surface area contributed by atoms with E-state index >= 15 is 0 Å². The number of amides is 1. The van der Waals surface area contributed by atoms with Crippen LogP contribution in [0, 0.1) is 6.92 Å². The van der Waals surface area contributed by atoms with Crippen LogP contribution in [-0.2, 0) is 9.53 Å². The predicted octanol–water partition coefficient (Wildman–Crippen LogP) is 2.10. The van der Waals surface area contributed by atoms with E-state index in [0.29, 0.717) is 18.6 Å². The van der Waals surface area contributed by atoms with E-state index in [1.807, 2.05) is 25.1 Å². The first-order valence-electron chi connectivity index (χ1n) is 7.10. The summed E-state index contributed by atoms with van der Waals surface area (Å²) >= 11 is 0. The molecule has 1 aromatic carbocycles. The summed E-state index contributed by atoms with van der Waals surface area (Å²) in [5.74, 6) is -1.20. The molecule has 0 bridgehead atoms. The van der Waals surface area contributed by atoms with E-state index in [1.54, 1.807) is 6.07 Å². The van der Waals surface area contributed by atoms with Gasteiger partial charge in [0.1, 0.15) is 5.58 Å². The number of ether oxygens (including phenoxy) is 1. The van der Waals surface area contributed by atoms with E-state index in [2.05, 4.69) is 5.32 Å². The molecule has 1 fully saturated rings. The van der Waals surface area contributed by atoms with Crippen LogP contribution >= 0.6 is 0 Å². The van der Waals surface area contributed by atoms with Crippen LogP contribution < -0.4 is 5.32 Å². The summed E-state index contributed by atoms with van der Waals surface area (Å²) < 4.78 is 10.9. The van der Waals surface area contributed by atoms with Gasteiger partial charge in [-0.2, -0.15) is 0 Å². The number of nitrogens with one attached hydrogen (secondary N) is 1. The number of hydrogen-bond donors (Lipinski definition) is 2. The zero-order chi connectivity index (χ0) is 15.7. The lowest BCUT2D eigenvalue weighted by Gasteiger charge is -2.26. The van der Waals surface area contributed by atoms with Crippen molar-refractivity contribution in [1.29, 1.82) is 0 Å². The van der Waals surface area contributed by atoms with Gasteiger partial charge >= 0.3 is 5.97 Å². The lowest BCUT2D eigenvalue weighted by Crippen LogP contribution is -2.50. The summed E-state index contributed by atoms with van der Waals surface area (Å²) in [5, 5.41) is 12.7. The first-order valence-corrected chi connectivity index (χ1v) is 7.10. The smallest absolute Gasteiger partial charge is 0.305 e. The number of para-hydroxylation sites is 1. The minimum Gasteiger partial charge on any atom is -0.481 e. The molecule has 1 saturated heterocycles. The number of carboxylic acids is 1. The van der Waals surface area contributed by atoms with Crippen LogP contribution in [-0.4, -0.2) is 35.7 Å². The molecule has 3 rings (SSSR count). The minimum absolute atomic E-state index is 0.169. The van der Waals surface area contributed by atoms with Crippen LogP contribution in [0.1, 0.15) is 29.0 Å². The van der Waals surface area contributed by atoms with Crippen LogP contribution in [0.5, 0.6) is 0 Å². The average molecular weight is 303 g/mol. The highest BCUT2D eigenvalue weighted by Crippen LogP contribution is 2.26. The van der Waals surface area contributed by atoms with Crippen molar-refractivity contribution in [3.05, 3.63) is 35.6 Å². The van der Waals surface area contributed by atoms with E-state index in [0.717, 1.165) is 10.9 Å². The van der Waals surface area contributed by atoms with Crippen molar-refractivity contribution in [2.75, 3.05) is 13.2 Å². The predicted molar refractivity (Wildman–Crippen MR) is 78.8 cm³/mol. The molecule has 0 radical (unpaired) electrons. The molecule has 1 aromatic heterocycles. The molecular weight excluding hydrogens is 286 g/mol. The largest absolute Gasteiger partial charge is 0.481 e. The molecule has 6 nitrogen and oxygen atoms in total. The van der Waals surface area contributed by atoms with Gasteiger partial charge in [0.25, 0.3) is 5.91 Å². The van der Waals surface area contributed by atoms with E-state index < -0.39 is 17.4 Å². The van der Waals surface area contributed by atoms with Gasteiger partial charge < -0.3 is 19.6 Å². The first kappa shape index (κ1) is 14.6. The fraction of sp³-hybridized carbons (Fsp3) is 0.375. The van der Waals surface area contributed by atoms with Gasteiger partial charge in [-0.3, -0.25) is 9.59 Å². The summed E-state index contributed by atoms with van der Waals surface area (Å²) in [6.07, 6.45) is 0.308. The Balaban J connectivity index is 1.85. The van der Waals surface area contributed by atoms with Crippen LogP contribution in [0.2, 0.25) is 0 Å². The normalized spacial score (nSPS) is 21.1. The van der Waals surface area contributed by atoms with E-state index in [-0.39, 0.29) is 18.8 Å². The number of rotatable bonds is 4. The molecule has 22 heavy (non-hydrogen) atoms. The Morgan fingerprint density at radius 3 is 2.86 bits per heavy atom. The van der Waals surface area contributed by atoms with Gasteiger partial charge in [-0.25, -0.2) is 0 Å². The number of carboxylic acid groups (broad SMARTS) is 1. The number of furan rings is 1. The average Bonchev–Trinajstić information content (AvgIpc) is 3.05. The van der Waals surface area contributed by atoms with Crippen molar-refractivity contribution >= 4 is 22.8 Å². The fourth-order valence-corrected chi connectivity index (χ4v) is 2.80. The number of aryl methyl sites for hydroxylation is 1. The van der Waals surface area contributed by atoms with Gasteiger partial charge in [0.05, 0.1) is 18.6 Å². The topological polar surface area (TPSA) is 88.8 Å². The molecule has 1 atom stereocenters. The van der Waals surface area contributed by atoms with Gasteiger partial charge in [0, 0.05) is 12.0 Å². The number of aliphatic carboxylic acids is 1.